The van der Waals surface area contributed by atoms with Gasteiger partial charge in [-0.15, -0.1) is 0 Å². The van der Waals surface area contributed by atoms with Crippen LogP contribution in [-0.4, -0.2) is 28.7 Å². The summed E-state index contributed by atoms with van der Waals surface area (Å²) in [6.45, 7) is -0.0463. The predicted octanol–water partition coefficient (Wildman–Crippen LogP) is 0.328. The number of hydrogen-bond acceptors (Lipinski definition) is 4. The summed E-state index contributed by atoms with van der Waals surface area (Å²) in [7, 11) is 0. The predicted molar refractivity (Wildman–Crippen MR) is 43.9 cm³/mol. The molecule has 0 aliphatic carbocycles. The van der Waals surface area contributed by atoms with Crippen molar-refractivity contribution in [3.05, 3.63) is 23.8 Å². The second-order valence-corrected chi connectivity index (χ2v) is 2.84. The normalized spacial score (nSPS) is 20.7. The molecule has 1 atom stereocenters. The largest absolute Gasteiger partial charge is 0.507 e. The maximum absolute atomic E-state index is 11.3. The van der Waals surface area contributed by atoms with E-state index in [1.807, 2.05) is 0 Å². The van der Waals surface area contributed by atoms with Crippen molar-refractivity contribution in [3.8, 4) is 11.5 Å². The van der Waals surface area contributed by atoms with Crippen LogP contribution < -0.4 is 4.74 Å². The molecule has 2 N–H and O–H groups in total. The number of aliphatic hydroxyl groups excluding tert-OH is 1. The van der Waals surface area contributed by atoms with Gasteiger partial charge in [0.1, 0.15) is 23.7 Å². The van der Waals surface area contributed by atoms with Crippen LogP contribution in [0.4, 0.5) is 0 Å². The molecule has 0 amide bonds. The van der Waals surface area contributed by atoms with Gasteiger partial charge in [0.05, 0.1) is 0 Å². The summed E-state index contributed by atoms with van der Waals surface area (Å²) in [5.74, 6) is -0.309. The van der Waals surface area contributed by atoms with E-state index in [9.17, 15) is 9.90 Å². The van der Waals surface area contributed by atoms with Crippen LogP contribution in [-0.2, 0) is 0 Å². The number of benzene rings is 1. The van der Waals surface area contributed by atoms with Gasteiger partial charge in [-0.1, -0.05) is 6.07 Å². The molecule has 0 radical (unpaired) electrons. The van der Waals surface area contributed by atoms with Crippen molar-refractivity contribution in [1.29, 1.82) is 0 Å². The molecule has 0 fully saturated rings. The minimum atomic E-state index is -1.17. The Bertz CT molecular complexity index is 359. The van der Waals surface area contributed by atoms with E-state index in [1.165, 1.54) is 6.07 Å². The highest BCUT2D eigenvalue weighted by Crippen LogP contribution is 2.31. The number of fused-ring (bicyclic) bond motifs is 1. The lowest BCUT2D eigenvalue weighted by molar-refractivity contribution is 0.0553. The molecule has 1 unspecified atom stereocenters. The number of phenols is 1. The Balaban J connectivity index is 2.57. The molecule has 1 heterocycles. The van der Waals surface area contributed by atoms with Crippen LogP contribution in [0.2, 0.25) is 0 Å². The topological polar surface area (TPSA) is 66.8 Å². The lowest BCUT2D eigenvalue weighted by atomic mass is 10.0. The van der Waals surface area contributed by atoms with Crippen molar-refractivity contribution in [3.63, 3.8) is 0 Å². The third-order valence-electron chi connectivity index (χ3n) is 1.95. The summed E-state index contributed by atoms with van der Waals surface area (Å²) in [5, 5.41) is 18.5. The Labute approximate surface area is 74.4 Å². The van der Waals surface area contributed by atoms with Gasteiger partial charge < -0.3 is 14.9 Å². The van der Waals surface area contributed by atoms with Crippen molar-refractivity contribution in [2.45, 2.75) is 6.10 Å². The fourth-order valence-corrected chi connectivity index (χ4v) is 1.30. The molecular weight excluding hydrogens is 172 g/mol. The van der Waals surface area contributed by atoms with Gasteiger partial charge in [0, 0.05) is 0 Å². The van der Waals surface area contributed by atoms with E-state index in [1.54, 1.807) is 12.1 Å². The van der Waals surface area contributed by atoms with E-state index in [4.69, 9.17) is 9.84 Å². The molecule has 4 heteroatoms. The number of carbonyl (C=O) groups is 1. The highest BCUT2D eigenvalue weighted by atomic mass is 16.5. The van der Waals surface area contributed by atoms with Gasteiger partial charge in [-0.2, -0.15) is 0 Å². The fraction of sp³-hybridized carbons (Fsp3) is 0.222. The molecule has 0 saturated heterocycles. The van der Waals surface area contributed by atoms with Crippen molar-refractivity contribution in [1.82, 2.24) is 0 Å². The molecule has 0 bridgehead atoms. The monoisotopic (exact) mass is 180 g/mol. The van der Waals surface area contributed by atoms with Crippen LogP contribution >= 0.6 is 0 Å². The first-order valence-electron chi connectivity index (χ1n) is 3.87. The van der Waals surface area contributed by atoms with Crippen LogP contribution in [0.1, 0.15) is 10.4 Å². The number of carbonyl (C=O) groups excluding carboxylic acids is 1. The number of phenolic OH excluding ortho intramolecular Hbond substituents is 1. The number of aliphatic hydroxyl groups is 1. The van der Waals surface area contributed by atoms with Gasteiger partial charge in [0.25, 0.3) is 0 Å². The van der Waals surface area contributed by atoms with Crippen molar-refractivity contribution in [2.75, 3.05) is 6.61 Å². The number of ether oxygens (including phenoxy) is 1. The second-order valence-electron chi connectivity index (χ2n) is 2.84. The van der Waals surface area contributed by atoms with E-state index in [0.717, 1.165) is 0 Å². The van der Waals surface area contributed by atoms with E-state index < -0.39 is 11.9 Å². The van der Waals surface area contributed by atoms with Gasteiger partial charge in [-0.3, -0.25) is 4.79 Å². The Morgan fingerprint density at radius 3 is 3.00 bits per heavy atom. The molecule has 0 aromatic heterocycles. The second kappa shape index (κ2) is 2.74. The first-order valence-corrected chi connectivity index (χ1v) is 3.87. The van der Waals surface area contributed by atoms with E-state index in [2.05, 4.69) is 0 Å². The maximum atomic E-state index is 11.3. The standard InChI is InChI=1S/C9H8O4/c10-5-2-1-3-7-8(5)9(12)6(11)4-13-7/h1-3,6,10-11H,4H2. The van der Waals surface area contributed by atoms with Gasteiger partial charge in [0.2, 0.25) is 5.78 Å². The zero-order valence-corrected chi connectivity index (χ0v) is 6.73. The van der Waals surface area contributed by atoms with Crippen molar-refractivity contribution >= 4 is 5.78 Å². The Hall–Kier alpha value is -1.55. The van der Waals surface area contributed by atoms with Crippen LogP contribution in [0.15, 0.2) is 18.2 Å². The molecule has 1 aliphatic rings. The molecule has 0 spiro atoms. The van der Waals surface area contributed by atoms with Gasteiger partial charge >= 0.3 is 0 Å². The molecule has 1 aromatic carbocycles. The van der Waals surface area contributed by atoms with Crippen LogP contribution in [0.3, 0.4) is 0 Å². The summed E-state index contributed by atoms with van der Waals surface area (Å²) < 4.78 is 5.06. The molecule has 68 valence electrons. The van der Waals surface area contributed by atoms with E-state index in [0.29, 0.717) is 5.75 Å². The summed E-state index contributed by atoms with van der Waals surface area (Å²) in [5.41, 5.74) is 0.0706. The number of Topliss-reactive ketones (excluding diaryl/α,β-unsaturated/α-hetero) is 1. The molecule has 13 heavy (non-hydrogen) atoms. The zero-order valence-electron chi connectivity index (χ0n) is 6.73. The highest BCUT2D eigenvalue weighted by Gasteiger charge is 2.29. The summed E-state index contributed by atoms with van der Waals surface area (Å²) in [6, 6.07) is 4.55. The Morgan fingerprint density at radius 2 is 2.23 bits per heavy atom. The first kappa shape index (κ1) is 8.07. The summed E-state index contributed by atoms with van der Waals surface area (Å²) in [6.07, 6.45) is -1.17. The maximum Gasteiger partial charge on any atom is 0.202 e. The Kier molecular flexibility index (Phi) is 1.70. The smallest absolute Gasteiger partial charge is 0.202 e. The summed E-state index contributed by atoms with van der Waals surface area (Å²) >= 11 is 0. The average Bonchev–Trinajstić information content (AvgIpc) is 2.12. The molecule has 2 rings (SSSR count). The van der Waals surface area contributed by atoms with E-state index >= 15 is 0 Å². The zero-order chi connectivity index (χ0) is 9.42. The highest BCUT2D eigenvalue weighted by molar-refractivity contribution is 6.04. The minimum absolute atomic E-state index is 0.0463. The molecule has 0 saturated carbocycles. The SMILES string of the molecule is O=C1c2c(O)cccc2OCC1O. The minimum Gasteiger partial charge on any atom is -0.507 e. The summed E-state index contributed by atoms with van der Waals surface area (Å²) in [4.78, 5) is 11.3. The third kappa shape index (κ3) is 1.15. The molecule has 1 aliphatic heterocycles. The quantitative estimate of drug-likeness (QED) is 0.603. The Morgan fingerprint density at radius 1 is 1.46 bits per heavy atom. The fourth-order valence-electron chi connectivity index (χ4n) is 1.30. The van der Waals surface area contributed by atoms with Gasteiger partial charge in [-0.05, 0) is 12.1 Å². The molecular formula is C9H8O4. The van der Waals surface area contributed by atoms with Crippen molar-refractivity contribution in [2.24, 2.45) is 0 Å². The molecule has 1 aromatic rings. The van der Waals surface area contributed by atoms with Crippen LogP contribution in [0.25, 0.3) is 0 Å². The number of ketones is 1. The van der Waals surface area contributed by atoms with Crippen molar-refractivity contribution < 1.29 is 19.7 Å². The van der Waals surface area contributed by atoms with Gasteiger partial charge in [0.15, 0.2) is 6.10 Å². The number of hydrogen-bond donors (Lipinski definition) is 2. The van der Waals surface area contributed by atoms with Crippen LogP contribution in [0, 0.1) is 0 Å². The van der Waals surface area contributed by atoms with Gasteiger partial charge in [-0.25, -0.2) is 0 Å². The molecule has 4 nitrogen and oxygen atoms in total. The third-order valence-corrected chi connectivity index (χ3v) is 1.95. The number of aromatic hydroxyl groups is 1. The van der Waals surface area contributed by atoms with Crippen LogP contribution in [0.5, 0.6) is 11.5 Å². The lowest BCUT2D eigenvalue weighted by Crippen LogP contribution is -2.32. The first-order chi connectivity index (χ1) is 6.20. The number of rotatable bonds is 0. The average molecular weight is 180 g/mol. The lowest BCUT2D eigenvalue weighted by Gasteiger charge is -2.20. The van der Waals surface area contributed by atoms with E-state index in [-0.39, 0.29) is 17.9 Å².